The summed E-state index contributed by atoms with van der Waals surface area (Å²) in [6.07, 6.45) is -1.23. The maximum Gasteiger partial charge on any atom is 0.344 e. The minimum absolute atomic E-state index is 0.163. The fourth-order valence-corrected chi connectivity index (χ4v) is 3.11. The van der Waals surface area contributed by atoms with Crippen LogP contribution in [-0.4, -0.2) is 46.5 Å². The van der Waals surface area contributed by atoms with Gasteiger partial charge >= 0.3 is 12.0 Å². The summed E-state index contributed by atoms with van der Waals surface area (Å²) in [5, 5.41) is 21.9. The molecule has 1 heterocycles. The van der Waals surface area contributed by atoms with Crippen LogP contribution in [-0.2, 0) is 14.8 Å². The number of sulfonamides is 1. The third kappa shape index (κ3) is 5.58. The number of aryl methyl sites for hydroxylation is 1. The Labute approximate surface area is 163 Å². The SMILES string of the molecule is Cc1cc(OC(C)C(=O)O)nc(NC(=O)NS(=O)(=O)c2ccccc2[N+](=O)[O-])n1. The number of para-hydroxylation sites is 1. The number of aliphatic carboxylic acids is 1. The molecule has 0 aliphatic rings. The fraction of sp³-hybridized carbons (Fsp3) is 0.200. The van der Waals surface area contributed by atoms with E-state index in [1.807, 2.05) is 0 Å². The van der Waals surface area contributed by atoms with Gasteiger partial charge in [0.25, 0.3) is 15.7 Å². The van der Waals surface area contributed by atoms with E-state index in [2.05, 4.69) is 15.3 Å². The third-order valence-electron chi connectivity index (χ3n) is 3.28. The van der Waals surface area contributed by atoms with Crippen molar-refractivity contribution in [3.05, 3.63) is 46.1 Å². The number of nitrogens with one attached hydrogen (secondary N) is 2. The van der Waals surface area contributed by atoms with Crippen LogP contribution in [0.2, 0.25) is 0 Å². The number of ether oxygens (including phenoxy) is 1. The van der Waals surface area contributed by atoms with Crippen molar-refractivity contribution >= 4 is 33.7 Å². The van der Waals surface area contributed by atoms with Gasteiger partial charge in [-0.3, -0.25) is 15.4 Å². The number of aromatic nitrogens is 2. The number of nitrogens with zero attached hydrogens (tertiary/aromatic N) is 3. The first-order chi connectivity index (χ1) is 13.5. The molecule has 0 spiro atoms. The van der Waals surface area contributed by atoms with Crippen LogP contribution in [0.5, 0.6) is 5.88 Å². The monoisotopic (exact) mass is 425 g/mol. The lowest BCUT2D eigenvalue weighted by molar-refractivity contribution is -0.387. The normalized spacial score (nSPS) is 11.9. The number of anilines is 1. The first-order valence-electron chi connectivity index (χ1n) is 7.82. The van der Waals surface area contributed by atoms with Gasteiger partial charge in [-0.2, -0.15) is 4.98 Å². The molecule has 3 N–H and O–H groups in total. The van der Waals surface area contributed by atoms with Gasteiger partial charge in [0.1, 0.15) is 0 Å². The zero-order valence-corrected chi connectivity index (χ0v) is 15.8. The number of nitro benzene ring substituents is 1. The molecule has 1 aromatic heterocycles. The molecule has 2 aromatic rings. The number of hydrogen-bond acceptors (Lipinski definition) is 9. The van der Waals surface area contributed by atoms with Gasteiger partial charge in [-0.15, -0.1) is 0 Å². The second kappa shape index (κ2) is 8.47. The maximum absolute atomic E-state index is 12.3. The molecule has 2 amide bonds. The van der Waals surface area contributed by atoms with Crippen LogP contribution in [0.3, 0.4) is 0 Å². The lowest BCUT2D eigenvalue weighted by Crippen LogP contribution is -2.35. The first kappa shape index (κ1) is 21.5. The summed E-state index contributed by atoms with van der Waals surface area (Å²) in [5.41, 5.74) is -0.414. The van der Waals surface area contributed by atoms with Gasteiger partial charge < -0.3 is 9.84 Å². The molecule has 14 heteroatoms. The third-order valence-corrected chi connectivity index (χ3v) is 4.66. The summed E-state index contributed by atoms with van der Waals surface area (Å²) in [6, 6.07) is 4.51. The van der Waals surface area contributed by atoms with Crippen molar-refractivity contribution in [2.24, 2.45) is 0 Å². The van der Waals surface area contributed by atoms with E-state index in [1.165, 1.54) is 32.0 Å². The molecule has 0 aliphatic carbocycles. The quantitative estimate of drug-likeness (QED) is 0.427. The molecule has 1 aromatic carbocycles. The number of urea groups is 1. The van der Waals surface area contributed by atoms with Gasteiger partial charge in [-0.1, -0.05) is 12.1 Å². The van der Waals surface area contributed by atoms with Crippen LogP contribution in [0, 0.1) is 17.0 Å². The average molecular weight is 425 g/mol. The largest absolute Gasteiger partial charge is 0.479 e. The molecule has 0 bridgehead atoms. The summed E-state index contributed by atoms with van der Waals surface area (Å²) in [5.74, 6) is -1.78. The van der Waals surface area contributed by atoms with E-state index in [9.17, 15) is 28.1 Å². The minimum atomic E-state index is -4.57. The topological polar surface area (TPSA) is 191 Å². The highest BCUT2D eigenvalue weighted by Gasteiger charge is 2.27. The maximum atomic E-state index is 12.3. The predicted octanol–water partition coefficient (Wildman–Crippen LogP) is 1.06. The summed E-state index contributed by atoms with van der Waals surface area (Å²) in [7, 11) is -4.57. The number of carbonyl (C=O) groups is 2. The number of hydrogen-bond donors (Lipinski definition) is 3. The second-order valence-electron chi connectivity index (χ2n) is 5.55. The van der Waals surface area contributed by atoms with E-state index in [4.69, 9.17) is 9.84 Å². The van der Waals surface area contributed by atoms with Gasteiger partial charge in [0.2, 0.25) is 11.8 Å². The number of carbonyl (C=O) groups excluding carboxylic acids is 1. The number of rotatable bonds is 7. The molecule has 0 aliphatic heterocycles. The lowest BCUT2D eigenvalue weighted by Gasteiger charge is -2.12. The van der Waals surface area contributed by atoms with Gasteiger partial charge in [-0.05, 0) is 19.9 Å². The molecule has 0 fully saturated rings. The summed E-state index contributed by atoms with van der Waals surface area (Å²) in [4.78, 5) is 39.9. The van der Waals surface area contributed by atoms with E-state index in [-0.39, 0.29) is 11.8 Å². The molecule has 0 saturated carbocycles. The van der Waals surface area contributed by atoms with Crippen LogP contribution in [0.4, 0.5) is 16.4 Å². The fourth-order valence-electron chi connectivity index (χ4n) is 2.03. The van der Waals surface area contributed by atoms with Gasteiger partial charge in [-0.25, -0.2) is 27.7 Å². The first-order valence-corrected chi connectivity index (χ1v) is 9.30. The molecular weight excluding hydrogens is 410 g/mol. The Morgan fingerprint density at radius 3 is 2.55 bits per heavy atom. The molecule has 0 saturated heterocycles. The lowest BCUT2D eigenvalue weighted by atomic mass is 10.3. The highest BCUT2D eigenvalue weighted by Crippen LogP contribution is 2.22. The van der Waals surface area contributed by atoms with Crippen molar-refractivity contribution in [3.8, 4) is 5.88 Å². The minimum Gasteiger partial charge on any atom is -0.479 e. The summed E-state index contributed by atoms with van der Waals surface area (Å²) in [6.45, 7) is 2.77. The summed E-state index contributed by atoms with van der Waals surface area (Å²) >= 11 is 0. The Balaban J connectivity index is 2.20. The van der Waals surface area contributed by atoms with Crippen molar-refractivity contribution in [1.82, 2.24) is 14.7 Å². The van der Waals surface area contributed by atoms with Crippen molar-refractivity contribution in [3.63, 3.8) is 0 Å². The Kier molecular flexibility index (Phi) is 6.28. The van der Waals surface area contributed by atoms with Crippen LogP contribution in [0.1, 0.15) is 12.6 Å². The zero-order valence-electron chi connectivity index (χ0n) is 15.0. The van der Waals surface area contributed by atoms with Crippen molar-refractivity contribution in [1.29, 1.82) is 0 Å². The summed E-state index contributed by atoms with van der Waals surface area (Å²) < 4.78 is 31.3. The molecule has 2 rings (SSSR count). The Bertz CT molecular complexity index is 1070. The Morgan fingerprint density at radius 2 is 1.93 bits per heavy atom. The number of carboxylic acids is 1. The second-order valence-corrected chi connectivity index (χ2v) is 7.20. The van der Waals surface area contributed by atoms with Gasteiger partial charge in [0.15, 0.2) is 11.0 Å². The Hall–Kier alpha value is -3.81. The van der Waals surface area contributed by atoms with E-state index in [0.717, 1.165) is 12.1 Å². The number of nitro groups is 1. The van der Waals surface area contributed by atoms with E-state index in [0.29, 0.717) is 5.69 Å². The standard InChI is InChI=1S/C15H15N5O8S/c1-8-7-12(28-9(2)13(21)22)17-14(16-8)18-15(23)19-29(26,27)11-6-4-3-5-10(11)20(24)25/h3-7,9H,1-2H3,(H,21,22)(H2,16,17,18,19,23). The highest BCUT2D eigenvalue weighted by atomic mass is 32.2. The average Bonchev–Trinajstić information content (AvgIpc) is 2.60. The van der Waals surface area contributed by atoms with Crippen molar-refractivity contribution in [2.45, 2.75) is 24.8 Å². The molecule has 0 radical (unpaired) electrons. The van der Waals surface area contributed by atoms with Crippen LogP contribution < -0.4 is 14.8 Å². The number of benzene rings is 1. The van der Waals surface area contributed by atoms with Crippen LogP contribution in [0.15, 0.2) is 35.2 Å². The van der Waals surface area contributed by atoms with Crippen LogP contribution in [0.25, 0.3) is 0 Å². The van der Waals surface area contributed by atoms with E-state index < -0.39 is 43.6 Å². The number of amides is 2. The highest BCUT2D eigenvalue weighted by molar-refractivity contribution is 7.90. The predicted molar refractivity (Wildman–Crippen MR) is 96.9 cm³/mol. The number of carboxylic acid groups (broad SMARTS) is 1. The smallest absolute Gasteiger partial charge is 0.344 e. The molecule has 1 atom stereocenters. The van der Waals surface area contributed by atoms with E-state index >= 15 is 0 Å². The molecule has 154 valence electrons. The van der Waals surface area contributed by atoms with E-state index in [1.54, 1.807) is 4.72 Å². The molecule has 1 unspecified atom stereocenters. The molecule has 29 heavy (non-hydrogen) atoms. The zero-order chi connectivity index (χ0) is 21.8. The van der Waals surface area contributed by atoms with Gasteiger partial charge in [0, 0.05) is 17.8 Å². The molecule has 13 nitrogen and oxygen atoms in total. The van der Waals surface area contributed by atoms with Crippen molar-refractivity contribution in [2.75, 3.05) is 5.32 Å². The Morgan fingerprint density at radius 1 is 1.28 bits per heavy atom. The van der Waals surface area contributed by atoms with Gasteiger partial charge in [0.05, 0.1) is 4.92 Å². The molecular formula is C15H15N5O8S. The van der Waals surface area contributed by atoms with Crippen LogP contribution >= 0.6 is 0 Å². The van der Waals surface area contributed by atoms with Crippen molar-refractivity contribution < 1.29 is 32.8 Å².